The Morgan fingerprint density at radius 1 is 1.42 bits per heavy atom. The van der Waals surface area contributed by atoms with E-state index in [2.05, 4.69) is 27.2 Å². The van der Waals surface area contributed by atoms with Crippen molar-refractivity contribution in [3.8, 4) is 0 Å². The van der Waals surface area contributed by atoms with E-state index in [0.717, 1.165) is 50.0 Å². The smallest absolute Gasteiger partial charge is 0.291 e. The molecule has 0 N–H and O–H groups in total. The third kappa shape index (κ3) is 3.77. The molecule has 2 aromatic heterocycles. The average molecular weight is 328 g/mol. The Bertz CT molecular complexity index is 698. The SMILES string of the molecule is CCCCc1cn(C[C@H]2CCCN2C(=O)c2nccc(C)n2)nn1. The molecule has 1 atom stereocenters. The number of carbonyl (C=O) groups is 1. The highest BCUT2D eigenvalue weighted by Crippen LogP contribution is 2.20. The summed E-state index contributed by atoms with van der Waals surface area (Å²) >= 11 is 0. The molecule has 7 heteroatoms. The first-order valence-electron chi connectivity index (χ1n) is 8.67. The molecule has 0 aliphatic carbocycles. The van der Waals surface area contributed by atoms with Crippen LogP contribution in [0.1, 0.15) is 54.6 Å². The fourth-order valence-corrected chi connectivity index (χ4v) is 3.09. The van der Waals surface area contributed by atoms with E-state index in [0.29, 0.717) is 6.54 Å². The van der Waals surface area contributed by atoms with Gasteiger partial charge in [-0.1, -0.05) is 18.6 Å². The fraction of sp³-hybridized carbons (Fsp3) is 0.588. The normalized spacial score (nSPS) is 17.4. The minimum absolute atomic E-state index is 0.0903. The van der Waals surface area contributed by atoms with Gasteiger partial charge in [-0.15, -0.1) is 5.10 Å². The van der Waals surface area contributed by atoms with Crippen LogP contribution in [0.15, 0.2) is 18.5 Å². The second-order valence-corrected chi connectivity index (χ2v) is 6.35. The molecular weight excluding hydrogens is 304 g/mol. The van der Waals surface area contributed by atoms with Crippen molar-refractivity contribution in [3.63, 3.8) is 0 Å². The Balaban J connectivity index is 1.67. The first-order chi connectivity index (χ1) is 11.7. The third-order valence-electron chi connectivity index (χ3n) is 4.39. The van der Waals surface area contributed by atoms with Crippen molar-refractivity contribution in [1.29, 1.82) is 0 Å². The van der Waals surface area contributed by atoms with Gasteiger partial charge in [0.05, 0.1) is 18.3 Å². The van der Waals surface area contributed by atoms with Crippen LogP contribution in [0.3, 0.4) is 0 Å². The molecule has 1 aliphatic heterocycles. The molecule has 0 unspecified atom stereocenters. The number of hydrogen-bond acceptors (Lipinski definition) is 5. The molecular formula is C17H24N6O. The molecule has 3 heterocycles. The van der Waals surface area contributed by atoms with Gasteiger partial charge in [0, 0.05) is 24.6 Å². The lowest BCUT2D eigenvalue weighted by atomic mass is 10.2. The fourth-order valence-electron chi connectivity index (χ4n) is 3.09. The Kier molecular flexibility index (Phi) is 5.17. The van der Waals surface area contributed by atoms with Crippen molar-refractivity contribution < 1.29 is 4.79 Å². The second-order valence-electron chi connectivity index (χ2n) is 6.35. The van der Waals surface area contributed by atoms with Crippen LogP contribution in [-0.2, 0) is 13.0 Å². The van der Waals surface area contributed by atoms with Crippen LogP contribution < -0.4 is 0 Å². The Labute approximate surface area is 142 Å². The van der Waals surface area contributed by atoms with Crippen molar-refractivity contribution in [2.24, 2.45) is 0 Å². The van der Waals surface area contributed by atoms with E-state index in [4.69, 9.17) is 0 Å². The predicted octanol–water partition coefficient (Wildman–Crippen LogP) is 2.02. The van der Waals surface area contributed by atoms with Gasteiger partial charge in [-0.05, 0) is 38.7 Å². The summed E-state index contributed by atoms with van der Waals surface area (Å²) in [4.78, 5) is 23.0. The lowest BCUT2D eigenvalue weighted by Gasteiger charge is -2.23. The van der Waals surface area contributed by atoms with Gasteiger partial charge >= 0.3 is 0 Å². The summed E-state index contributed by atoms with van der Waals surface area (Å²) in [6, 6.07) is 1.92. The molecule has 24 heavy (non-hydrogen) atoms. The first kappa shape index (κ1) is 16.5. The number of rotatable bonds is 6. The standard InChI is InChI=1S/C17H24N6O/c1-3-4-6-14-11-22(21-20-14)12-15-7-5-10-23(15)17(24)16-18-9-8-13(2)19-16/h8-9,11,15H,3-7,10,12H2,1-2H3/t15-/m1/s1. The first-order valence-corrected chi connectivity index (χ1v) is 8.67. The topological polar surface area (TPSA) is 76.8 Å². The van der Waals surface area contributed by atoms with E-state index in [9.17, 15) is 4.79 Å². The lowest BCUT2D eigenvalue weighted by Crippen LogP contribution is -2.39. The number of hydrogen-bond donors (Lipinski definition) is 0. The second kappa shape index (κ2) is 7.51. The summed E-state index contributed by atoms with van der Waals surface area (Å²) in [5.74, 6) is 0.191. The number of likely N-dealkylation sites (tertiary alicyclic amines) is 1. The number of nitrogens with zero attached hydrogens (tertiary/aromatic N) is 6. The van der Waals surface area contributed by atoms with Crippen molar-refractivity contribution in [2.75, 3.05) is 6.54 Å². The van der Waals surface area contributed by atoms with Gasteiger partial charge in [0.25, 0.3) is 5.91 Å². The minimum atomic E-state index is -0.0903. The Hall–Kier alpha value is -2.31. The molecule has 0 radical (unpaired) electrons. The number of aryl methyl sites for hydroxylation is 2. The van der Waals surface area contributed by atoms with Gasteiger partial charge < -0.3 is 4.90 Å². The highest BCUT2D eigenvalue weighted by Gasteiger charge is 2.31. The van der Waals surface area contributed by atoms with Crippen LogP contribution in [0.25, 0.3) is 0 Å². The number of amides is 1. The van der Waals surface area contributed by atoms with E-state index in [1.165, 1.54) is 0 Å². The summed E-state index contributed by atoms with van der Waals surface area (Å²) in [5, 5.41) is 8.43. The molecule has 0 aromatic carbocycles. The van der Waals surface area contributed by atoms with E-state index >= 15 is 0 Å². The molecule has 3 rings (SSSR count). The van der Waals surface area contributed by atoms with Crippen molar-refractivity contribution in [3.05, 3.63) is 35.7 Å². The van der Waals surface area contributed by atoms with Crippen LogP contribution >= 0.6 is 0 Å². The summed E-state index contributed by atoms with van der Waals surface area (Å²) in [6.45, 7) is 5.46. The van der Waals surface area contributed by atoms with Gasteiger partial charge in [0.1, 0.15) is 0 Å². The zero-order valence-electron chi connectivity index (χ0n) is 14.4. The molecule has 1 saturated heterocycles. The monoisotopic (exact) mass is 328 g/mol. The maximum atomic E-state index is 12.7. The van der Waals surface area contributed by atoms with E-state index in [-0.39, 0.29) is 17.8 Å². The molecule has 0 bridgehead atoms. The van der Waals surface area contributed by atoms with Gasteiger partial charge in [-0.3, -0.25) is 9.48 Å². The van der Waals surface area contributed by atoms with Crippen molar-refractivity contribution in [1.82, 2.24) is 29.9 Å². The lowest BCUT2D eigenvalue weighted by molar-refractivity contribution is 0.0708. The predicted molar refractivity (Wildman–Crippen MR) is 89.5 cm³/mol. The number of carbonyl (C=O) groups excluding carboxylic acids is 1. The maximum absolute atomic E-state index is 12.7. The van der Waals surface area contributed by atoms with Gasteiger partial charge in [-0.25, -0.2) is 9.97 Å². The average Bonchev–Trinajstić information content (AvgIpc) is 3.22. The molecule has 1 amide bonds. The molecule has 1 aliphatic rings. The molecule has 128 valence electrons. The van der Waals surface area contributed by atoms with Crippen molar-refractivity contribution >= 4 is 5.91 Å². The van der Waals surface area contributed by atoms with Gasteiger partial charge in [-0.2, -0.15) is 0 Å². The van der Waals surface area contributed by atoms with E-state index in [1.54, 1.807) is 12.3 Å². The highest BCUT2D eigenvalue weighted by atomic mass is 16.2. The minimum Gasteiger partial charge on any atom is -0.331 e. The molecule has 0 saturated carbocycles. The summed E-state index contributed by atoms with van der Waals surface area (Å²) in [6.07, 6.45) is 8.84. The quantitative estimate of drug-likeness (QED) is 0.811. The van der Waals surface area contributed by atoms with Crippen LogP contribution in [0.4, 0.5) is 0 Å². The van der Waals surface area contributed by atoms with Gasteiger partial charge in [0.15, 0.2) is 0 Å². The van der Waals surface area contributed by atoms with Crippen LogP contribution in [0, 0.1) is 6.92 Å². The number of unbranched alkanes of at least 4 members (excludes halogenated alkanes) is 1. The van der Waals surface area contributed by atoms with Crippen LogP contribution in [0.2, 0.25) is 0 Å². The van der Waals surface area contributed by atoms with E-state index in [1.807, 2.05) is 22.7 Å². The van der Waals surface area contributed by atoms with Gasteiger partial charge in [0.2, 0.25) is 5.82 Å². The van der Waals surface area contributed by atoms with Crippen molar-refractivity contribution in [2.45, 2.75) is 58.5 Å². The summed E-state index contributed by atoms with van der Waals surface area (Å²) in [5.41, 5.74) is 1.83. The molecule has 2 aromatic rings. The molecule has 1 fully saturated rings. The largest absolute Gasteiger partial charge is 0.331 e. The summed E-state index contributed by atoms with van der Waals surface area (Å²) < 4.78 is 1.86. The highest BCUT2D eigenvalue weighted by molar-refractivity contribution is 5.90. The van der Waals surface area contributed by atoms with E-state index < -0.39 is 0 Å². The Morgan fingerprint density at radius 2 is 2.29 bits per heavy atom. The summed E-state index contributed by atoms with van der Waals surface area (Å²) in [7, 11) is 0. The molecule has 7 nitrogen and oxygen atoms in total. The Morgan fingerprint density at radius 3 is 3.08 bits per heavy atom. The zero-order chi connectivity index (χ0) is 16.9. The zero-order valence-corrected chi connectivity index (χ0v) is 14.4. The maximum Gasteiger partial charge on any atom is 0.291 e. The van der Waals surface area contributed by atoms with Crippen LogP contribution in [0.5, 0.6) is 0 Å². The number of aromatic nitrogens is 5. The van der Waals surface area contributed by atoms with Crippen LogP contribution in [-0.4, -0.2) is 48.4 Å². The molecule has 0 spiro atoms. The third-order valence-corrected chi connectivity index (χ3v) is 4.39.